The van der Waals surface area contributed by atoms with E-state index < -0.39 is 16.1 Å². The summed E-state index contributed by atoms with van der Waals surface area (Å²) in [5.74, 6) is 0.358. The molecule has 1 aromatic rings. The van der Waals surface area contributed by atoms with Gasteiger partial charge in [0, 0.05) is 32.2 Å². The summed E-state index contributed by atoms with van der Waals surface area (Å²) in [4.78, 5) is 16.7. The molecule has 8 heteroatoms. The monoisotopic (exact) mass is 355 g/mol. The van der Waals surface area contributed by atoms with Gasteiger partial charge >= 0.3 is 0 Å². The molecular formula is C16H25N3O4S. The summed E-state index contributed by atoms with van der Waals surface area (Å²) in [7, 11) is -0.0959. The van der Waals surface area contributed by atoms with E-state index in [4.69, 9.17) is 4.74 Å². The Morgan fingerprint density at radius 1 is 1.25 bits per heavy atom. The van der Waals surface area contributed by atoms with Gasteiger partial charge in [-0.3, -0.25) is 9.10 Å². The van der Waals surface area contributed by atoms with Gasteiger partial charge < -0.3 is 14.5 Å². The second kappa shape index (κ2) is 7.40. The molecular weight excluding hydrogens is 330 g/mol. The number of methoxy groups -OCH3 is 1. The molecule has 134 valence electrons. The van der Waals surface area contributed by atoms with Crippen LogP contribution in [0, 0.1) is 0 Å². The van der Waals surface area contributed by atoms with Gasteiger partial charge in [-0.1, -0.05) is 6.07 Å². The Labute approximate surface area is 143 Å². The van der Waals surface area contributed by atoms with Gasteiger partial charge in [0.25, 0.3) is 0 Å². The first-order chi connectivity index (χ1) is 11.2. The van der Waals surface area contributed by atoms with E-state index in [0.29, 0.717) is 24.5 Å². The number of rotatable bonds is 5. The van der Waals surface area contributed by atoms with Crippen molar-refractivity contribution in [3.8, 4) is 5.75 Å². The van der Waals surface area contributed by atoms with Crippen molar-refractivity contribution >= 4 is 21.6 Å². The lowest BCUT2D eigenvalue weighted by Gasteiger charge is -2.36. The van der Waals surface area contributed by atoms with Crippen LogP contribution < -0.4 is 9.04 Å². The molecule has 0 unspecified atom stereocenters. The summed E-state index contributed by atoms with van der Waals surface area (Å²) in [6, 6.07) is 5.91. The first-order valence-corrected chi connectivity index (χ1v) is 9.69. The van der Waals surface area contributed by atoms with Crippen LogP contribution in [0.3, 0.4) is 0 Å². The fraction of sp³-hybridized carbons (Fsp3) is 0.562. The van der Waals surface area contributed by atoms with E-state index in [0.717, 1.165) is 23.7 Å². The van der Waals surface area contributed by atoms with Crippen LogP contribution in [0.1, 0.15) is 6.92 Å². The Morgan fingerprint density at radius 2 is 1.88 bits per heavy atom. The Balaban J connectivity index is 2.29. The van der Waals surface area contributed by atoms with Gasteiger partial charge in [0.1, 0.15) is 11.8 Å². The van der Waals surface area contributed by atoms with Crippen molar-refractivity contribution in [3.63, 3.8) is 0 Å². The SMILES string of the molecule is COc1cccc(N([C@@H](C)C(=O)N2CCN(C)CC2)S(C)(=O)=O)c1. The lowest BCUT2D eigenvalue weighted by molar-refractivity contribution is -0.133. The third-order valence-electron chi connectivity index (χ3n) is 4.19. The number of benzene rings is 1. The number of hydrogen-bond donors (Lipinski definition) is 0. The van der Waals surface area contributed by atoms with E-state index in [1.807, 2.05) is 7.05 Å². The first-order valence-electron chi connectivity index (χ1n) is 7.85. The van der Waals surface area contributed by atoms with Crippen molar-refractivity contribution in [2.75, 3.05) is 50.9 Å². The lowest BCUT2D eigenvalue weighted by Crippen LogP contribution is -2.54. The zero-order valence-electron chi connectivity index (χ0n) is 14.6. The van der Waals surface area contributed by atoms with E-state index >= 15 is 0 Å². The zero-order chi connectivity index (χ0) is 17.9. The molecule has 0 saturated carbocycles. The first kappa shape index (κ1) is 18.5. The summed E-state index contributed by atoms with van der Waals surface area (Å²) in [5, 5.41) is 0. The number of piperazine rings is 1. The number of carbonyl (C=O) groups is 1. The maximum Gasteiger partial charge on any atom is 0.246 e. The molecule has 0 spiro atoms. The number of sulfonamides is 1. The summed E-state index contributed by atoms with van der Waals surface area (Å²) in [6.45, 7) is 4.42. The number of nitrogens with zero attached hydrogens (tertiary/aromatic N) is 3. The number of amides is 1. The van der Waals surface area contributed by atoms with E-state index in [1.165, 1.54) is 7.11 Å². The molecule has 0 aromatic heterocycles. The lowest BCUT2D eigenvalue weighted by atomic mass is 10.2. The molecule has 1 aromatic carbocycles. The summed E-state index contributed by atoms with van der Waals surface area (Å²) in [6.07, 6.45) is 1.11. The van der Waals surface area contributed by atoms with Crippen LogP contribution in [-0.4, -0.2) is 76.8 Å². The van der Waals surface area contributed by atoms with Crippen LogP contribution in [0.2, 0.25) is 0 Å². The Bertz CT molecular complexity index is 684. The number of ether oxygens (including phenoxy) is 1. The van der Waals surface area contributed by atoms with Crippen molar-refractivity contribution in [1.29, 1.82) is 0 Å². The molecule has 0 N–H and O–H groups in total. The quantitative estimate of drug-likeness (QED) is 0.775. The zero-order valence-corrected chi connectivity index (χ0v) is 15.4. The van der Waals surface area contributed by atoms with Gasteiger partial charge in [0.05, 0.1) is 19.1 Å². The van der Waals surface area contributed by atoms with Crippen LogP contribution in [0.15, 0.2) is 24.3 Å². The van der Waals surface area contributed by atoms with Crippen molar-refractivity contribution in [1.82, 2.24) is 9.80 Å². The molecule has 7 nitrogen and oxygen atoms in total. The normalized spacial score (nSPS) is 17.4. The molecule has 1 aliphatic rings. The Hall–Kier alpha value is -1.80. The van der Waals surface area contributed by atoms with Gasteiger partial charge in [-0.25, -0.2) is 8.42 Å². The maximum absolute atomic E-state index is 12.8. The molecule has 0 aliphatic carbocycles. The second-order valence-corrected chi connectivity index (χ2v) is 7.92. The van der Waals surface area contributed by atoms with Gasteiger partial charge in [-0.2, -0.15) is 0 Å². The largest absolute Gasteiger partial charge is 0.497 e. The van der Waals surface area contributed by atoms with Crippen molar-refractivity contribution in [2.45, 2.75) is 13.0 Å². The predicted octanol–water partition coefficient (Wildman–Crippen LogP) is 0.624. The van der Waals surface area contributed by atoms with Gasteiger partial charge in [-0.15, -0.1) is 0 Å². The molecule has 24 heavy (non-hydrogen) atoms. The van der Waals surface area contributed by atoms with Crippen molar-refractivity contribution < 1.29 is 17.9 Å². The van der Waals surface area contributed by atoms with E-state index in [9.17, 15) is 13.2 Å². The highest BCUT2D eigenvalue weighted by Gasteiger charge is 2.33. The highest BCUT2D eigenvalue weighted by atomic mass is 32.2. The number of hydrogen-bond acceptors (Lipinski definition) is 5. The van der Waals surface area contributed by atoms with Gasteiger partial charge in [-0.05, 0) is 26.1 Å². The second-order valence-electron chi connectivity index (χ2n) is 6.06. The molecule has 1 atom stereocenters. The molecule has 0 radical (unpaired) electrons. The van der Waals surface area contributed by atoms with Crippen molar-refractivity contribution in [3.05, 3.63) is 24.3 Å². The van der Waals surface area contributed by atoms with Crippen LogP contribution in [0.5, 0.6) is 5.75 Å². The summed E-state index contributed by atoms with van der Waals surface area (Å²) in [5.41, 5.74) is 0.423. The minimum atomic E-state index is -3.62. The predicted molar refractivity (Wildman–Crippen MR) is 93.9 cm³/mol. The Morgan fingerprint density at radius 3 is 2.42 bits per heavy atom. The maximum atomic E-state index is 12.8. The summed E-state index contributed by atoms with van der Waals surface area (Å²) >= 11 is 0. The van der Waals surface area contributed by atoms with Crippen LogP contribution in [0.25, 0.3) is 0 Å². The number of anilines is 1. The molecule has 1 aliphatic heterocycles. The molecule has 1 amide bonds. The number of likely N-dealkylation sites (N-methyl/N-ethyl adjacent to an activating group) is 1. The fourth-order valence-corrected chi connectivity index (χ4v) is 4.00. The Kier molecular flexibility index (Phi) is 5.71. The average Bonchev–Trinajstić information content (AvgIpc) is 2.54. The molecule has 1 fully saturated rings. The average molecular weight is 355 g/mol. The van der Waals surface area contributed by atoms with Gasteiger partial charge in [0.15, 0.2) is 0 Å². The third-order valence-corrected chi connectivity index (χ3v) is 5.43. The number of carbonyl (C=O) groups excluding carboxylic acids is 1. The highest BCUT2D eigenvalue weighted by Crippen LogP contribution is 2.26. The fourth-order valence-electron chi connectivity index (χ4n) is 2.84. The molecule has 1 heterocycles. The minimum absolute atomic E-state index is 0.184. The van der Waals surface area contributed by atoms with Crippen LogP contribution >= 0.6 is 0 Å². The molecule has 0 bridgehead atoms. The standard InChI is InChI=1S/C16H25N3O4S/c1-13(16(20)18-10-8-17(2)9-11-18)19(24(4,21)22)14-6-5-7-15(12-14)23-3/h5-7,12-13H,8-11H2,1-4H3/t13-/m0/s1. The van der Waals surface area contributed by atoms with Crippen molar-refractivity contribution in [2.24, 2.45) is 0 Å². The highest BCUT2D eigenvalue weighted by molar-refractivity contribution is 7.92. The van der Waals surface area contributed by atoms with E-state index in [2.05, 4.69) is 4.90 Å². The molecule has 1 saturated heterocycles. The van der Waals surface area contributed by atoms with Gasteiger partial charge in [0.2, 0.25) is 15.9 Å². The molecule has 2 rings (SSSR count). The van der Waals surface area contributed by atoms with Crippen LogP contribution in [-0.2, 0) is 14.8 Å². The van der Waals surface area contributed by atoms with Crippen LogP contribution in [0.4, 0.5) is 5.69 Å². The third kappa shape index (κ3) is 4.18. The topological polar surface area (TPSA) is 70.2 Å². The smallest absolute Gasteiger partial charge is 0.246 e. The van der Waals surface area contributed by atoms with E-state index in [1.54, 1.807) is 36.1 Å². The minimum Gasteiger partial charge on any atom is -0.497 e. The summed E-state index contributed by atoms with van der Waals surface area (Å²) < 4.78 is 31.0. The van der Waals surface area contributed by atoms with E-state index in [-0.39, 0.29) is 5.91 Å².